The standard InChI is InChI=1S/C23H24F3N3O2/c1-15-6-7-19(16(2)12-15)29-21(30)14-20(22(29)31)28-10-8-27(9-11-28)18-5-3-4-17(13-18)23(24,25)26/h3-7,12-13,20H,8-11,14H2,1-2H3. The molecule has 2 amide bonds. The molecule has 5 nitrogen and oxygen atoms in total. The van der Waals surface area contributed by atoms with Gasteiger partial charge in [0.1, 0.15) is 0 Å². The van der Waals surface area contributed by atoms with Crippen molar-refractivity contribution in [2.24, 2.45) is 0 Å². The van der Waals surface area contributed by atoms with Crippen LogP contribution in [0.1, 0.15) is 23.1 Å². The minimum atomic E-state index is -4.38. The molecule has 1 atom stereocenters. The molecule has 0 saturated carbocycles. The number of rotatable bonds is 3. The summed E-state index contributed by atoms with van der Waals surface area (Å²) >= 11 is 0. The second-order valence-electron chi connectivity index (χ2n) is 8.15. The molecule has 0 aliphatic carbocycles. The highest BCUT2D eigenvalue weighted by Gasteiger charge is 2.43. The minimum absolute atomic E-state index is 0.121. The van der Waals surface area contributed by atoms with Gasteiger partial charge in [-0.2, -0.15) is 13.2 Å². The molecule has 0 N–H and O–H groups in total. The number of hydrogen-bond acceptors (Lipinski definition) is 4. The molecule has 1 unspecified atom stereocenters. The SMILES string of the molecule is Cc1ccc(N2C(=O)CC(N3CCN(c4cccc(C(F)(F)F)c4)CC3)C2=O)c(C)c1. The Balaban J connectivity index is 1.45. The van der Waals surface area contributed by atoms with Crippen molar-refractivity contribution >= 4 is 23.2 Å². The van der Waals surface area contributed by atoms with Crippen LogP contribution in [-0.4, -0.2) is 48.9 Å². The van der Waals surface area contributed by atoms with Crippen molar-refractivity contribution in [3.63, 3.8) is 0 Å². The molecule has 164 valence electrons. The van der Waals surface area contributed by atoms with E-state index in [0.717, 1.165) is 23.3 Å². The lowest BCUT2D eigenvalue weighted by Crippen LogP contribution is -2.52. The van der Waals surface area contributed by atoms with Crippen LogP contribution >= 0.6 is 0 Å². The van der Waals surface area contributed by atoms with Crippen LogP contribution in [0, 0.1) is 13.8 Å². The summed E-state index contributed by atoms with van der Waals surface area (Å²) in [5.74, 6) is -0.452. The number of benzene rings is 2. The second kappa shape index (κ2) is 8.00. The molecular weight excluding hydrogens is 407 g/mol. The van der Waals surface area contributed by atoms with E-state index in [1.165, 1.54) is 11.0 Å². The van der Waals surface area contributed by atoms with Crippen molar-refractivity contribution in [2.45, 2.75) is 32.5 Å². The van der Waals surface area contributed by atoms with Gasteiger partial charge in [-0.15, -0.1) is 0 Å². The summed E-state index contributed by atoms with van der Waals surface area (Å²) < 4.78 is 39.0. The predicted molar refractivity (Wildman–Crippen MR) is 112 cm³/mol. The quantitative estimate of drug-likeness (QED) is 0.694. The summed E-state index contributed by atoms with van der Waals surface area (Å²) in [4.78, 5) is 30.9. The third-order valence-corrected chi connectivity index (χ3v) is 6.01. The zero-order chi connectivity index (χ0) is 22.3. The fourth-order valence-electron chi connectivity index (χ4n) is 4.38. The molecule has 0 radical (unpaired) electrons. The largest absolute Gasteiger partial charge is 0.416 e. The summed E-state index contributed by atoms with van der Waals surface area (Å²) in [6.07, 6.45) is -4.26. The van der Waals surface area contributed by atoms with Gasteiger partial charge in [0.15, 0.2) is 0 Å². The molecule has 2 heterocycles. The van der Waals surface area contributed by atoms with Crippen LogP contribution in [-0.2, 0) is 15.8 Å². The first-order valence-electron chi connectivity index (χ1n) is 10.3. The lowest BCUT2D eigenvalue weighted by molar-refractivity contribution is -0.137. The van der Waals surface area contributed by atoms with Gasteiger partial charge in [0.25, 0.3) is 5.91 Å². The topological polar surface area (TPSA) is 43.9 Å². The van der Waals surface area contributed by atoms with Gasteiger partial charge in [-0.3, -0.25) is 14.5 Å². The molecule has 0 bridgehead atoms. The first-order chi connectivity index (χ1) is 14.6. The maximum atomic E-state index is 13.1. The second-order valence-corrected chi connectivity index (χ2v) is 8.15. The van der Waals surface area contributed by atoms with Gasteiger partial charge < -0.3 is 4.90 Å². The van der Waals surface area contributed by atoms with E-state index in [2.05, 4.69) is 0 Å². The molecule has 2 aromatic carbocycles. The number of hydrogen-bond donors (Lipinski definition) is 0. The maximum Gasteiger partial charge on any atom is 0.416 e. The van der Waals surface area contributed by atoms with E-state index in [1.807, 2.05) is 35.8 Å². The van der Waals surface area contributed by atoms with Crippen LogP contribution in [0.2, 0.25) is 0 Å². The van der Waals surface area contributed by atoms with E-state index in [-0.39, 0.29) is 18.2 Å². The van der Waals surface area contributed by atoms with E-state index in [9.17, 15) is 22.8 Å². The van der Waals surface area contributed by atoms with E-state index < -0.39 is 17.8 Å². The van der Waals surface area contributed by atoms with Crippen molar-refractivity contribution in [1.82, 2.24) is 4.90 Å². The van der Waals surface area contributed by atoms with Gasteiger partial charge in [0, 0.05) is 31.9 Å². The van der Waals surface area contributed by atoms with Gasteiger partial charge in [-0.05, 0) is 43.7 Å². The molecule has 2 aromatic rings. The Labute approximate surface area is 179 Å². The van der Waals surface area contributed by atoms with Crippen molar-refractivity contribution in [3.05, 3.63) is 59.2 Å². The number of nitrogens with zero attached hydrogens (tertiary/aromatic N) is 3. The number of alkyl halides is 3. The average molecular weight is 431 g/mol. The Morgan fingerprint density at radius 2 is 1.65 bits per heavy atom. The number of imide groups is 1. The van der Waals surface area contributed by atoms with Crippen LogP contribution in [0.25, 0.3) is 0 Å². The molecule has 8 heteroatoms. The van der Waals surface area contributed by atoms with Gasteiger partial charge in [0.2, 0.25) is 5.91 Å². The highest BCUT2D eigenvalue weighted by molar-refractivity contribution is 6.22. The molecule has 0 aromatic heterocycles. The molecule has 0 spiro atoms. The number of aryl methyl sites for hydroxylation is 2. The van der Waals surface area contributed by atoms with E-state index in [4.69, 9.17) is 0 Å². The number of amides is 2. The molecular formula is C23H24F3N3O2. The lowest BCUT2D eigenvalue weighted by Gasteiger charge is -2.38. The van der Waals surface area contributed by atoms with E-state index in [1.54, 1.807) is 12.1 Å². The molecule has 2 aliphatic heterocycles. The van der Waals surface area contributed by atoms with Crippen molar-refractivity contribution in [1.29, 1.82) is 0 Å². The zero-order valence-corrected chi connectivity index (χ0v) is 17.4. The van der Waals surface area contributed by atoms with Crippen LogP contribution in [0.3, 0.4) is 0 Å². The first kappa shape index (κ1) is 21.4. The minimum Gasteiger partial charge on any atom is -0.369 e. The van der Waals surface area contributed by atoms with Crippen LogP contribution in [0.4, 0.5) is 24.5 Å². The first-order valence-corrected chi connectivity index (χ1v) is 10.3. The maximum absolute atomic E-state index is 13.1. The third-order valence-electron chi connectivity index (χ3n) is 6.01. The number of carbonyl (C=O) groups is 2. The number of halogens is 3. The summed E-state index contributed by atoms with van der Waals surface area (Å²) in [7, 11) is 0. The van der Waals surface area contributed by atoms with Crippen molar-refractivity contribution in [2.75, 3.05) is 36.0 Å². The van der Waals surface area contributed by atoms with Gasteiger partial charge in [-0.1, -0.05) is 23.8 Å². The van der Waals surface area contributed by atoms with Crippen molar-refractivity contribution in [3.8, 4) is 0 Å². The molecule has 2 fully saturated rings. The summed E-state index contributed by atoms with van der Waals surface area (Å²) in [5, 5.41) is 0. The molecule has 31 heavy (non-hydrogen) atoms. The number of piperazine rings is 1. The summed E-state index contributed by atoms with van der Waals surface area (Å²) in [6, 6.07) is 10.4. The van der Waals surface area contributed by atoms with Gasteiger partial charge in [0.05, 0.1) is 23.7 Å². The molecule has 2 saturated heterocycles. The van der Waals surface area contributed by atoms with Gasteiger partial charge >= 0.3 is 6.18 Å². The zero-order valence-electron chi connectivity index (χ0n) is 17.4. The van der Waals surface area contributed by atoms with Crippen LogP contribution in [0.15, 0.2) is 42.5 Å². The lowest BCUT2D eigenvalue weighted by atomic mass is 10.1. The fraction of sp³-hybridized carbons (Fsp3) is 0.391. The summed E-state index contributed by atoms with van der Waals surface area (Å²) in [6.45, 7) is 5.81. The number of carbonyl (C=O) groups excluding carboxylic acids is 2. The smallest absolute Gasteiger partial charge is 0.369 e. The van der Waals surface area contributed by atoms with E-state index >= 15 is 0 Å². The average Bonchev–Trinajstić information content (AvgIpc) is 3.02. The van der Waals surface area contributed by atoms with E-state index in [0.29, 0.717) is 37.6 Å². The number of anilines is 2. The molecule has 2 aliphatic rings. The highest BCUT2D eigenvalue weighted by atomic mass is 19.4. The Morgan fingerprint density at radius 1 is 0.935 bits per heavy atom. The van der Waals surface area contributed by atoms with Gasteiger partial charge in [-0.25, -0.2) is 4.90 Å². The summed E-state index contributed by atoms with van der Waals surface area (Å²) in [5.41, 5.74) is 2.39. The third kappa shape index (κ3) is 4.17. The monoisotopic (exact) mass is 431 g/mol. The fourth-order valence-corrected chi connectivity index (χ4v) is 4.38. The normalized spacial score (nSPS) is 20.6. The molecule has 4 rings (SSSR count). The Bertz CT molecular complexity index is 1010. The predicted octanol–water partition coefficient (Wildman–Crippen LogP) is 3.78. The Hall–Kier alpha value is -2.87. The Morgan fingerprint density at radius 3 is 2.29 bits per heavy atom. The van der Waals surface area contributed by atoms with Crippen LogP contribution < -0.4 is 9.80 Å². The van der Waals surface area contributed by atoms with Crippen LogP contribution in [0.5, 0.6) is 0 Å². The Kier molecular flexibility index (Phi) is 5.51. The highest BCUT2D eigenvalue weighted by Crippen LogP contribution is 2.33. The van der Waals surface area contributed by atoms with Crippen molar-refractivity contribution < 1.29 is 22.8 Å².